The third-order valence-corrected chi connectivity index (χ3v) is 5.52. The number of rotatable bonds is 3. The zero-order chi connectivity index (χ0) is 19.8. The molecule has 3 aromatic carbocycles. The van der Waals surface area contributed by atoms with Crippen molar-refractivity contribution in [2.45, 2.75) is 12.5 Å². The lowest BCUT2D eigenvalue weighted by atomic mass is 9.87. The Balaban J connectivity index is 1.47. The average molecular weight is 385 g/mol. The molecule has 4 aromatic rings. The molecule has 0 unspecified atom stereocenters. The van der Waals surface area contributed by atoms with Gasteiger partial charge in [-0.05, 0) is 54.4 Å². The summed E-state index contributed by atoms with van der Waals surface area (Å²) in [5, 5.41) is 11.8. The van der Waals surface area contributed by atoms with Crippen LogP contribution in [0.15, 0.2) is 78.9 Å². The normalized spacial score (nSPS) is 18.3. The van der Waals surface area contributed by atoms with E-state index in [1.54, 1.807) is 6.07 Å². The Bertz CT molecular complexity index is 1180. The van der Waals surface area contributed by atoms with E-state index in [1.165, 1.54) is 17.7 Å². The topological polar surface area (TPSA) is 42.4 Å². The summed E-state index contributed by atoms with van der Waals surface area (Å²) >= 11 is 0. The van der Waals surface area contributed by atoms with E-state index >= 15 is 0 Å². The van der Waals surface area contributed by atoms with Crippen LogP contribution in [-0.2, 0) is 6.42 Å². The molecule has 4 heteroatoms. The largest absolute Gasteiger partial charge is 0.493 e. The van der Waals surface area contributed by atoms with E-state index in [-0.39, 0.29) is 11.7 Å². The van der Waals surface area contributed by atoms with Crippen LogP contribution in [0.3, 0.4) is 0 Å². The zero-order valence-electron chi connectivity index (χ0n) is 15.8. The van der Waals surface area contributed by atoms with Gasteiger partial charge in [0.1, 0.15) is 11.6 Å². The summed E-state index contributed by atoms with van der Waals surface area (Å²) in [6.07, 6.45) is 0.152. The molecule has 0 saturated carbocycles. The first-order valence-corrected chi connectivity index (χ1v) is 9.73. The molecule has 1 aromatic heterocycles. The number of pyridine rings is 1. The van der Waals surface area contributed by atoms with Crippen molar-refractivity contribution in [1.82, 2.24) is 4.98 Å². The Kier molecular flexibility index (Phi) is 4.49. The van der Waals surface area contributed by atoms with Crippen LogP contribution in [0.2, 0.25) is 0 Å². The summed E-state index contributed by atoms with van der Waals surface area (Å²) in [4.78, 5) is 4.66. The summed E-state index contributed by atoms with van der Waals surface area (Å²) in [6, 6.07) is 24.3. The van der Waals surface area contributed by atoms with Crippen molar-refractivity contribution < 1.29 is 14.2 Å². The average Bonchev–Trinajstić information content (AvgIpc) is 2.76. The van der Waals surface area contributed by atoms with Crippen molar-refractivity contribution in [3.63, 3.8) is 0 Å². The number of aromatic nitrogens is 1. The first kappa shape index (κ1) is 17.8. The smallest absolute Gasteiger partial charge is 0.125 e. The van der Waals surface area contributed by atoms with Gasteiger partial charge in [0.25, 0.3) is 0 Å². The van der Waals surface area contributed by atoms with Crippen LogP contribution in [0.5, 0.6) is 5.75 Å². The second-order valence-corrected chi connectivity index (χ2v) is 7.49. The van der Waals surface area contributed by atoms with E-state index in [9.17, 15) is 9.50 Å². The second-order valence-electron chi connectivity index (χ2n) is 7.49. The fourth-order valence-corrected chi connectivity index (χ4v) is 3.96. The predicted octanol–water partition coefficient (Wildman–Crippen LogP) is 5.33. The van der Waals surface area contributed by atoms with Crippen LogP contribution in [-0.4, -0.2) is 16.7 Å². The van der Waals surface area contributed by atoms with Crippen molar-refractivity contribution in [2.75, 3.05) is 6.61 Å². The number of benzene rings is 3. The number of aliphatic hydroxyl groups is 1. The molecule has 0 aliphatic carbocycles. The SMILES string of the molecule is O[C@@H]1c2cc(-c3ccc4cc(F)ccc4n3)ccc2OC[C@H]1Cc1ccccc1. The van der Waals surface area contributed by atoms with Crippen LogP contribution >= 0.6 is 0 Å². The highest BCUT2D eigenvalue weighted by atomic mass is 19.1. The van der Waals surface area contributed by atoms with Gasteiger partial charge in [-0.1, -0.05) is 36.4 Å². The minimum Gasteiger partial charge on any atom is -0.493 e. The van der Waals surface area contributed by atoms with Crippen LogP contribution in [0, 0.1) is 11.7 Å². The molecule has 0 spiro atoms. The molecule has 5 rings (SSSR count). The molecule has 29 heavy (non-hydrogen) atoms. The molecular weight excluding hydrogens is 365 g/mol. The van der Waals surface area contributed by atoms with Gasteiger partial charge >= 0.3 is 0 Å². The number of ether oxygens (including phenoxy) is 1. The van der Waals surface area contributed by atoms with Gasteiger partial charge in [0.2, 0.25) is 0 Å². The Hall–Kier alpha value is -3.24. The van der Waals surface area contributed by atoms with Gasteiger partial charge < -0.3 is 9.84 Å². The maximum absolute atomic E-state index is 13.4. The van der Waals surface area contributed by atoms with Gasteiger partial charge in [-0.25, -0.2) is 9.37 Å². The molecule has 0 fully saturated rings. The highest BCUT2D eigenvalue weighted by Crippen LogP contribution is 2.39. The summed E-state index contributed by atoms with van der Waals surface area (Å²) in [5.74, 6) is 0.437. The Morgan fingerprint density at radius 2 is 1.83 bits per heavy atom. The fraction of sp³-hybridized carbons (Fsp3) is 0.160. The van der Waals surface area contributed by atoms with Gasteiger partial charge in [0.05, 0.1) is 23.9 Å². The summed E-state index contributed by atoms with van der Waals surface area (Å²) < 4.78 is 19.3. The minimum atomic E-state index is -0.603. The molecule has 0 amide bonds. The first-order valence-electron chi connectivity index (χ1n) is 9.73. The second kappa shape index (κ2) is 7.30. The maximum atomic E-state index is 13.4. The van der Waals surface area contributed by atoms with Gasteiger partial charge in [-0.2, -0.15) is 0 Å². The number of hydrogen-bond acceptors (Lipinski definition) is 3. The number of hydrogen-bond donors (Lipinski definition) is 1. The van der Waals surface area contributed by atoms with Crippen molar-refractivity contribution >= 4 is 10.9 Å². The first-order chi connectivity index (χ1) is 14.2. The van der Waals surface area contributed by atoms with E-state index in [0.29, 0.717) is 12.4 Å². The lowest BCUT2D eigenvalue weighted by molar-refractivity contribution is 0.0508. The van der Waals surface area contributed by atoms with Gasteiger partial charge in [0, 0.05) is 22.4 Å². The van der Waals surface area contributed by atoms with Crippen molar-refractivity contribution in [3.8, 4) is 17.0 Å². The molecular formula is C25H20FNO2. The van der Waals surface area contributed by atoms with E-state index in [4.69, 9.17) is 4.74 Å². The third kappa shape index (κ3) is 3.47. The quantitative estimate of drug-likeness (QED) is 0.519. The Morgan fingerprint density at radius 1 is 0.966 bits per heavy atom. The molecule has 1 aliphatic rings. The van der Waals surface area contributed by atoms with E-state index in [0.717, 1.165) is 34.1 Å². The number of halogens is 1. The lowest BCUT2D eigenvalue weighted by Gasteiger charge is -2.30. The van der Waals surface area contributed by atoms with Crippen LogP contribution in [0.4, 0.5) is 4.39 Å². The highest BCUT2D eigenvalue weighted by Gasteiger charge is 2.30. The van der Waals surface area contributed by atoms with Crippen LogP contribution in [0.1, 0.15) is 17.2 Å². The standard InChI is InChI=1S/C25H20FNO2/c26-20-8-10-23-17(13-20)6-9-22(27-23)18-7-11-24-21(14-18)25(28)19(15-29-24)12-16-4-2-1-3-5-16/h1-11,13-14,19,25,28H,12,15H2/t19-,25+/m1/s1. The van der Waals surface area contributed by atoms with Gasteiger partial charge in [-0.3, -0.25) is 0 Å². The summed E-state index contributed by atoms with van der Waals surface area (Å²) in [6.45, 7) is 0.488. The number of fused-ring (bicyclic) bond motifs is 2. The lowest BCUT2D eigenvalue weighted by Crippen LogP contribution is -2.27. The zero-order valence-corrected chi connectivity index (χ0v) is 15.8. The molecule has 144 valence electrons. The molecule has 0 saturated heterocycles. The van der Waals surface area contributed by atoms with Crippen molar-refractivity contribution in [1.29, 1.82) is 0 Å². The van der Waals surface area contributed by atoms with Gasteiger partial charge in [0.15, 0.2) is 0 Å². The van der Waals surface area contributed by atoms with E-state index in [2.05, 4.69) is 17.1 Å². The Morgan fingerprint density at radius 3 is 2.69 bits per heavy atom. The molecule has 0 bridgehead atoms. The van der Waals surface area contributed by atoms with Crippen molar-refractivity contribution in [3.05, 3.63) is 95.8 Å². The summed E-state index contributed by atoms with van der Waals surface area (Å²) in [5.41, 5.74) is 4.39. The van der Waals surface area contributed by atoms with Crippen LogP contribution < -0.4 is 4.74 Å². The fourth-order valence-electron chi connectivity index (χ4n) is 3.96. The molecule has 2 atom stereocenters. The summed E-state index contributed by atoms with van der Waals surface area (Å²) in [7, 11) is 0. The monoisotopic (exact) mass is 385 g/mol. The third-order valence-electron chi connectivity index (χ3n) is 5.52. The predicted molar refractivity (Wildman–Crippen MR) is 111 cm³/mol. The molecule has 3 nitrogen and oxygen atoms in total. The van der Waals surface area contributed by atoms with E-state index in [1.807, 2.05) is 48.5 Å². The molecule has 2 heterocycles. The Labute approximate surface area is 168 Å². The van der Waals surface area contributed by atoms with E-state index < -0.39 is 6.10 Å². The van der Waals surface area contributed by atoms with Crippen LogP contribution in [0.25, 0.3) is 22.2 Å². The molecule has 1 aliphatic heterocycles. The number of aliphatic hydroxyl groups excluding tert-OH is 1. The van der Waals surface area contributed by atoms with Crippen molar-refractivity contribution in [2.24, 2.45) is 5.92 Å². The van der Waals surface area contributed by atoms with Gasteiger partial charge in [-0.15, -0.1) is 0 Å². The molecule has 0 radical (unpaired) electrons. The number of nitrogens with zero attached hydrogens (tertiary/aromatic N) is 1. The highest BCUT2D eigenvalue weighted by molar-refractivity contribution is 5.81. The molecule has 1 N–H and O–H groups in total. The minimum absolute atomic E-state index is 0.00677. The maximum Gasteiger partial charge on any atom is 0.125 e.